The van der Waals surface area contributed by atoms with Gasteiger partial charge in [0.25, 0.3) is 0 Å². The molecule has 2 aliphatic rings. The molecule has 0 N–H and O–H groups in total. The summed E-state index contributed by atoms with van der Waals surface area (Å²) >= 11 is 0. The minimum absolute atomic E-state index is 0.297. The van der Waals surface area contributed by atoms with Crippen molar-refractivity contribution >= 4 is 12.5 Å². The van der Waals surface area contributed by atoms with Gasteiger partial charge in [-0.15, -0.1) is 0 Å². The number of benzene rings is 1. The van der Waals surface area contributed by atoms with Crippen LogP contribution in [0.4, 0.5) is 8.63 Å². The molecule has 0 radical (unpaired) electrons. The molecule has 1 atom stereocenters. The quantitative estimate of drug-likeness (QED) is 0.584. The van der Waals surface area contributed by atoms with Gasteiger partial charge in [0, 0.05) is 23.0 Å². The molecule has 0 spiro atoms. The van der Waals surface area contributed by atoms with Crippen molar-refractivity contribution in [3.8, 4) is 0 Å². The third-order valence-corrected chi connectivity index (χ3v) is 6.78. The molecule has 1 aromatic carbocycles. The number of nitrogens with zero attached hydrogens (tertiary/aromatic N) is 2. The van der Waals surface area contributed by atoms with Crippen LogP contribution in [0.3, 0.4) is 0 Å². The summed E-state index contributed by atoms with van der Waals surface area (Å²) in [5, 5.41) is 0. The highest BCUT2D eigenvalue weighted by molar-refractivity contribution is 6.63. The number of halogens is 2. The summed E-state index contributed by atoms with van der Waals surface area (Å²) in [5.41, 5.74) is 8.21. The van der Waals surface area contributed by atoms with Crippen molar-refractivity contribution in [2.45, 2.75) is 60.4 Å². The normalized spacial score (nSPS) is 20.7. The minimum atomic E-state index is -3.91. The van der Waals surface area contributed by atoms with Crippen LogP contribution < -0.4 is 0 Å². The van der Waals surface area contributed by atoms with Crippen molar-refractivity contribution in [1.82, 2.24) is 9.29 Å². The minimum Gasteiger partial charge on any atom is -0.464 e. The van der Waals surface area contributed by atoms with E-state index in [4.69, 9.17) is 0 Å². The predicted molar refractivity (Wildman–Crippen MR) is 113 cm³/mol. The molecule has 0 saturated heterocycles. The molecule has 5 heteroatoms. The Hall–Kier alpha value is -2.30. The number of rotatable bonds is 3. The molecule has 1 aromatic heterocycles. The Bertz CT molecular complexity index is 1010. The second kappa shape index (κ2) is 6.36. The van der Waals surface area contributed by atoms with E-state index in [1.807, 2.05) is 65.0 Å². The van der Waals surface area contributed by atoms with Crippen LogP contribution in [-0.4, -0.2) is 22.3 Å². The van der Waals surface area contributed by atoms with E-state index in [1.54, 1.807) is 0 Å². The van der Waals surface area contributed by atoms with Crippen LogP contribution in [0.5, 0.6) is 0 Å². The monoisotopic (exact) mass is 381 g/mol. The fourth-order valence-electron chi connectivity index (χ4n) is 5.56. The summed E-state index contributed by atoms with van der Waals surface area (Å²) in [6.07, 6.45) is 1.54. The number of allylic oxidation sites excluding steroid dienone is 1. The first kappa shape index (κ1) is 19.0. The fraction of sp³-hybridized carbons (Fsp3) is 0.391. The first-order valence-corrected chi connectivity index (χ1v) is 10.3. The van der Waals surface area contributed by atoms with Gasteiger partial charge in [0.2, 0.25) is 0 Å². The van der Waals surface area contributed by atoms with Crippen LogP contribution in [-0.2, 0) is 6.42 Å². The molecule has 1 unspecified atom stereocenters. The third kappa shape index (κ3) is 2.25. The Kier molecular flexibility index (Phi) is 4.33. The van der Waals surface area contributed by atoms with Crippen LogP contribution in [0.2, 0.25) is 0 Å². The van der Waals surface area contributed by atoms with E-state index < -0.39 is 6.97 Å². The zero-order valence-electron chi connectivity index (χ0n) is 17.6. The summed E-state index contributed by atoms with van der Waals surface area (Å²) in [6, 6.07) is 9.72. The van der Waals surface area contributed by atoms with Crippen LogP contribution in [0, 0.1) is 13.8 Å². The zero-order chi connectivity index (χ0) is 20.4. The lowest BCUT2D eigenvalue weighted by Crippen LogP contribution is -2.57. The standard InChI is InChI=1S/C23H28BF2N2/c1-7-19-14(3)22-21(18-12-10-9-11-13-18)23-15(4)20(8-2)17(6)28(23)24(25,26)27(22)16(19)5/h9-13,16H,7-8H2,1-6H3/q-1. The molecular formula is C23H28BF2N2-. The second-order valence-corrected chi connectivity index (χ2v) is 8.03. The van der Waals surface area contributed by atoms with Gasteiger partial charge in [-0.3, -0.25) is 0 Å². The molecule has 2 aliphatic heterocycles. The first-order chi connectivity index (χ1) is 13.3. The second-order valence-electron chi connectivity index (χ2n) is 8.03. The maximum atomic E-state index is 16.1. The average Bonchev–Trinajstić information content (AvgIpc) is 3.07. The molecular weight excluding hydrogens is 353 g/mol. The van der Waals surface area contributed by atoms with Crippen molar-refractivity contribution in [1.29, 1.82) is 0 Å². The van der Waals surface area contributed by atoms with Crippen LogP contribution in [0.1, 0.15) is 62.2 Å². The van der Waals surface area contributed by atoms with E-state index in [-0.39, 0.29) is 6.04 Å². The number of fused-ring (bicyclic) bond motifs is 2. The smallest absolute Gasteiger partial charge is 0.464 e. The SMILES string of the molecule is CCC1=C(C)C2=C(c3ccccc3)c3c(C)c(CC)c(C)n3[B-](F)(F)N2C1C. The van der Waals surface area contributed by atoms with Crippen LogP contribution >= 0.6 is 0 Å². The lowest BCUT2D eigenvalue weighted by atomic mass is 9.82. The zero-order valence-corrected chi connectivity index (χ0v) is 17.6. The number of hydrogen-bond acceptors (Lipinski definition) is 1. The van der Waals surface area contributed by atoms with Crippen molar-refractivity contribution in [2.24, 2.45) is 0 Å². The Balaban J connectivity index is 2.18. The van der Waals surface area contributed by atoms with Crippen molar-refractivity contribution in [2.75, 3.05) is 0 Å². The predicted octanol–water partition coefficient (Wildman–Crippen LogP) is 6.09. The molecule has 28 heavy (non-hydrogen) atoms. The molecule has 0 amide bonds. The summed E-state index contributed by atoms with van der Waals surface area (Å²) in [6.45, 7) is 7.99. The summed E-state index contributed by atoms with van der Waals surface area (Å²) in [5.74, 6) is 0. The van der Waals surface area contributed by atoms with Gasteiger partial charge < -0.3 is 17.9 Å². The van der Waals surface area contributed by atoms with Gasteiger partial charge >= 0.3 is 6.97 Å². The molecule has 4 rings (SSSR count). The largest absolute Gasteiger partial charge is 0.529 e. The molecule has 0 fully saturated rings. The van der Waals surface area contributed by atoms with Gasteiger partial charge in [0.05, 0.1) is 0 Å². The topological polar surface area (TPSA) is 8.17 Å². The third-order valence-electron chi connectivity index (χ3n) is 6.78. The van der Waals surface area contributed by atoms with E-state index in [0.717, 1.165) is 51.9 Å². The maximum Gasteiger partial charge on any atom is 0.529 e. The molecule has 0 saturated carbocycles. The highest BCUT2D eigenvalue weighted by Crippen LogP contribution is 2.50. The Labute approximate surface area is 166 Å². The summed E-state index contributed by atoms with van der Waals surface area (Å²) in [4.78, 5) is 1.41. The molecule has 2 aromatic rings. The molecule has 0 aliphatic carbocycles. The van der Waals surface area contributed by atoms with E-state index in [0.29, 0.717) is 11.4 Å². The van der Waals surface area contributed by atoms with Gasteiger partial charge in [0.1, 0.15) is 0 Å². The average molecular weight is 381 g/mol. The van der Waals surface area contributed by atoms with E-state index >= 15 is 8.63 Å². The summed E-state index contributed by atoms with van der Waals surface area (Å²) in [7, 11) is 0. The van der Waals surface area contributed by atoms with E-state index in [9.17, 15) is 0 Å². The van der Waals surface area contributed by atoms with E-state index in [2.05, 4.69) is 6.92 Å². The molecule has 3 heterocycles. The van der Waals surface area contributed by atoms with Crippen molar-refractivity contribution < 1.29 is 8.63 Å². The fourth-order valence-corrected chi connectivity index (χ4v) is 5.56. The van der Waals surface area contributed by atoms with Crippen molar-refractivity contribution in [3.63, 3.8) is 0 Å². The Morgan fingerprint density at radius 2 is 1.64 bits per heavy atom. The lowest BCUT2D eigenvalue weighted by molar-refractivity contribution is 0.345. The van der Waals surface area contributed by atoms with E-state index in [1.165, 1.54) is 9.29 Å². The molecule has 0 bridgehead atoms. The van der Waals surface area contributed by atoms with Gasteiger partial charge in [-0.2, -0.15) is 0 Å². The van der Waals surface area contributed by atoms with Crippen molar-refractivity contribution in [3.05, 3.63) is 75.3 Å². The Morgan fingerprint density at radius 1 is 1.00 bits per heavy atom. The van der Waals surface area contributed by atoms with Crippen LogP contribution in [0.15, 0.2) is 47.2 Å². The van der Waals surface area contributed by atoms with Gasteiger partial charge in [-0.1, -0.05) is 44.2 Å². The lowest BCUT2D eigenvalue weighted by Gasteiger charge is -2.49. The van der Waals surface area contributed by atoms with Gasteiger partial charge in [-0.05, 0) is 74.1 Å². The Morgan fingerprint density at radius 3 is 2.21 bits per heavy atom. The maximum absolute atomic E-state index is 16.1. The highest BCUT2D eigenvalue weighted by atomic mass is 19.2. The summed E-state index contributed by atoms with van der Waals surface area (Å²) < 4.78 is 33.5. The first-order valence-electron chi connectivity index (χ1n) is 10.3. The molecule has 2 nitrogen and oxygen atoms in total. The molecule has 148 valence electrons. The number of aromatic nitrogens is 1. The number of hydrogen-bond donors (Lipinski definition) is 0. The van der Waals surface area contributed by atoms with Gasteiger partial charge in [0.15, 0.2) is 0 Å². The van der Waals surface area contributed by atoms with Crippen LogP contribution in [0.25, 0.3) is 5.57 Å². The highest BCUT2D eigenvalue weighted by Gasteiger charge is 2.50. The van der Waals surface area contributed by atoms with Gasteiger partial charge in [-0.25, -0.2) is 0 Å².